The van der Waals surface area contributed by atoms with E-state index in [0.29, 0.717) is 55.4 Å². The molecule has 3 aromatic carbocycles. The van der Waals surface area contributed by atoms with E-state index in [2.05, 4.69) is 15.6 Å². The third-order valence-corrected chi connectivity index (χ3v) is 6.24. The predicted octanol–water partition coefficient (Wildman–Crippen LogP) is 7.73. The molecule has 2 N–H and O–H groups in total. The Morgan fingerprint density at radius 2 is 1.81 bits per heavy atom. The molecule has 0 bridgehead atoms. The zero-order valence-corrected chi connectivity index (χ0v) is 21.1. The van der Waals surface area contributed by atoms with Gasteiger partial charge in [0.15, 0.2) is 10.7 Å². The Balaban J connectivity index is 1.21. The fourth-order valence-corrected chi connectivity index (χ4v) is 4.09. The van der Waals surface area contributed by atoms with Gasteiger partial charge in [-0.25, -0.2) is 9.37 Å². The molecule has 6 nitrogen and oxygen atoms in total. The summed E-state index contributed by atoms with van der Waals surface area (Å²) in [6, 6.07) is 19.7. The summed E-state index contributed by atoms with van der Waals surface area (Å²) in [5.41, 5.74) is 3.04. The minimum Gasteiger partial charge on any atom is -0.457 e. The number of halogens is 3. The van der Waals surface area contributed by atoms with E-state index in [9.17, 15) is 9.18 Å². The van der Waals surface area contributed by atoms with Gasteiger partial charge in [0.05, 0.1) is 10.0 Å². The van der Waals surface area contributed by atoms with Crippen molar-refractivity contribution in [1.82, 2.24) is 10.3 Å². The van der Waals surface area contributed by atoms with E-state index < -0.39 is 5.91 Å². The van der Waals surface area contributed by atoms with Gasteiger partial charge in [-0.2, -0.15) is 0 Å². The molecule has 0 aliphatic rings. The minimum atomic E-state index is -0.447. The lowest BCUT2D eigenvalue weighted by Crippen LogP contribution is -2.32. The number of amides is 1. The molecule has 0 aliphatic heterocycles. The molecule has 37 heavy (non-hydrogen) atoms. The van der Waals surface area contributed by atoms with E-state index in [1.54, 1.807) is 60.7 Å². The second kappa shape index (κ2) is 10.6. The molecule has 184 valence electrons. The van der Waals surface area contributed by atoms with Crippen molar-refractivity contribution in [2.75, 3.05) is 5.32 Å². The van der Waals surface area contributed by atoms with Crippen LogP contribution >= 0.6 is 35.4 Å². The fourth-order valence-electron chi connectivity index (χ4n) is 3.48. The Morgan fingerprint density at radius 3 is 2.62 bits per heavy atom. The lowest BCUT2D eigenvalue weighted by molar-refractivity contribution is -0.115. The number of benzene rings is 3. The van der Waals surface area contributed by atoms with Gasteiger partial charge in [-0.3, -0.25) is 10.1 Å². The highest BCUT2D eigenvalue weighted by molar-refractivity contribution is 7.80. The molecule has 5 rings (SSSR count). The summed E-state index contributed by atoms with van der Waals surface area (Å²) in [7, 11) is 0. The van der Waals surface area contributed by atoms with Gasteiger partial charge >= 0.3 is 0 Å². The fraction of sp³-hybridized carbons (Fsp3) is 0. The molecule has 0 radical (unpaired) electrons. The molecule has 0 atom stereocenters. The van der Waals surface area contributed by atoms with Crippen LogP contribution in [-0.2, 0) is 4.79 Å². The number of nitrogens with one attached hydrogen (secondary N) is 2. The second-order valence-electron chi connectivity index (χ2n) is 7.79. The summed E-state index contributed by atoms with van der Waals surface area (Å²) in [5, 5.41) is 6.42. The van der Waals surface area contributed by atoms with Crippen LogP contribution in [0.1, 0.15) is 5.76 Å². The van der Waals surface area contributed by atoms with Crippen molar-refractivity contribution < 1.29 is 18.0 Å². The van der Waals surface area contributed by atoms with Crippen molar-refractivity contribution >= 4 is 69.3 Å². The molecule has 0 saturated heterocycles. The zero-order chi connectivity index (χ0) is 25.9. The highest BCUT2D eigenvalue weighted by Gasteiger charge is 2.12. The van der Waals surface area contributed by atoms with Crippen LogP contribution in [0.25, 0.3) is 40.0 Å². The van der Waals surface area contributed by atoms with Crippen LogP contribution in [0.15, 0.2) is 87.7 Å². The van der Waals surface area contributed by atoms with Crippen LogP contribution in [0.4, 0.5) is 10.1 Å². The molecule has 0 aliphatic carbocycles. The maximum absolute atomic E-state index is 13.2. The number of aromatic nitrogens is 1. The van der Waals surface area contributed by atoms with Crippen LogP contribution in [0, 0.1) is 5.82 Å². The minimum absolute atomic E-state index is 0.0992. The third kappa shape index (κ3) is 5.72. The van der Waals surface area contributed by atoms with Crippen LogP contribution < -0.4 is 10.6 Å². The summed E-state index contributed by atoms with van der Waals surface area (Å²) in [6.07, 6.45) is 2.81. The van der Waals surface area contributed by atoms with Crippen molar-refractivity contribution in [1.29, 1.82) is 0 Å². The Hall–Kier alpha value is -3.98. The largest absolute Gasteiger partial charge is 0.457 e. The van der Waals surface area contributed by atoms with Crippen molar-refractivity contribution in [3.05, 3.63) is 100 Å². The maximum atomic E-state index is 13.2. The highest BCUT2D eigenvalue weighted by Crippen LogP contribution is 2.34. The van der Waals surface area contributed by atoms with Gasteiger partial charge in [-0.1, -0.05) is 29.3 Å². The van der Waals surface area contributed by atoms with Gasteiger partial charge in [-0.15, -0.1) is 0 Å². The van der Waals surface area contributed by atoms with E-state index >= 15 is 0 Å². The van der Waals surface area contributed by atoms with Crippen LogP contribution in [0.5, 0.6) is 0 Å². The van der Waals surface area contributed by atoms with Crippen LogP contribution in [0.3, 0.4) is 0 Å². The lowest BCUT2D eigenvalue weighted by Gasteiger charge is -2.07. The lowest BCUT2D eigenvalue weighted by atomic mass is 10.2. The van der Waals surface area contributed by atoms with Crippen molar-refractivity contribution in [2.24, 2.45) is 0 Å². The van der Waals surface area contributed by atoms with E-state index in [0.717, 1.165) is 0 Å². The van der Waals surface area contributed by atoms with E-state index in [1.165, 1.54) is 24.3 Å². The molecule has 0 fully saturated rings. The first-order valence-electron chi connectivity index (χ1n) is 10.9. The van der Waals surface area contributed by atoms with Gasteiger partial charge in [0, 0.05) is 22.9 Å². The number of anilines is 1. The first kappa shape index (κ1) is 24.7. The van der Waals surface area contributed by atoms with Gasteiger partial charge in [0.25, 0.3) is 0 Å². The topological polar surface area (TPSA) is 80.3 Å². The maximum Gasteiger partial charge on any atom is 0.250 e. The monoisotopic (exact) mass is 551 g/mol. The SMILES string of the molecule is O=C(C=Cc1ccc(-c2cccc(Cl)c2Cl)o1)NC(=S)Nc1ccc2oc(-c3ccc(F)cc3)nc2c1. The van der Waals surface area contributed by atoms with E-state index in [4.69, 9.17) is 44.3 Å². The summed E-state index contributed by atoms with van der Waals surface area (Å²) in [5.74, 6) is 0.557. The molecular weight excluding hydrogens is 536 g/mol. The van der Waals surface area contributed by atoms with Crippen molar-refractivity contribution in [3.8, 4) is 22.8 Å². The zero-order valence-electron chi connectivity index (χ0n) is 18.8. The van der Waals surface area contributed by atoms with Gasteiger partial charge < -0.3 is 14.2 Å². The molecule has 2 aromatic heterocycles. The van der Waals surface area contributed by atoms with E-state index in [1.807, 2.05) is 0 Å². The van der Waals surface area contributed by atoms with Crippen molar-refractivity contribution in [3.63, 3.8) is 0 Å². The Bertz CT molecular complexity index is 1660. The first-order chi connectivity index (χ1) is 17.9. The average Bonchev–Trinajstić information content (AvgIpc) is 3.52. The molecule has 0 spiro atoms. The normalized spacial score (nSPS) is 11.2. The van der Waals surface area contributed by atoms with Gasteiger partial charge in [0.2, 0.25) is 11.8 Å². The molecule has 1 amide bonds. The summed E-state index contributed by atoms with van der Waals surface area (Å²) in [4.78, 5) is 16.8. The Morgan fingerprint density at radius 1 is 1.00 bits per heavy atom. The standard InChI is InChI=1S/C27H16Cl2FN3O3S/c28-20-3-1-2-19(25(20)29)22-12-9-18(35-22)10-13-24(34)33-27(37)31-17-8-11-23-21(14-17)32-26(36-23)15-4-6-16(30)7-5-15/h1-14H,(H2,31,33,34,37). The van der Waals surface area contributed by atoms with Crippen LogP contribution in [-0.4, -0.2) is 16.0 Å². The average molecular weight is 552 g/mol. The van der Waals surface area contributed by atoms with Crippen molar-refractivity contribution in [2.45, 2.75) is 0 Å². The highest BCUT2D eigenvalue weighted by atomic mass is 35.5. The summed E-state index contributed by atoms with van der Waals surface area (Å²) < 4.78 is 24.7. The van der Waals surface area contributed by atoms with Crippen LogP contribution in [0.2, 0.25) is 10.0 Å². The molecular formula is C27H16Cl2FN3O3S. The van der Waals surface area contributed by atoms with Gasteiger partial charge in [-0.05, 0) is 85.0 Å². The van der Waals surface area contributed by atoms with Gasteiger partial charge in [0.1, 0.15) is 22.9 Å². The Labute approximate surface area is 225 Å². The van der Waals surface area contributed by atoms with E-state index in [-0.39, 0.29) is 10.9 Å². The molecule has 0 saturated carbocycles. The third-order valence-electron chi connectivity index (χ3n) is 5.22. The molecule has 10 heteroatoms. The summed E-state index contributed by atoms with van der Waals surface area (Å²) in [6.45, 7) is 0. The Kier molecular flexibility index (Phi) is 7.05. The molecule has 2 heterocycles. The number of rotatable bonds is 5. The second-order valence-corrected chi connectivity index (χ2v) is 8.98. The number of thiocarbonyl (C=S) groups is 1. The number of hydrogen-bond acceptors (Lipinski definition) is 5. The number of oxazole rings is 1. The number of nitrogens with zero attached hydrogens (tertiary/aromatic N) is 1. The number of carbonyl (C=O) groups excluding carboxylic acids is 1. The predicted molar refractivity (Wildman–Crippen MR) is 147 cm³/mol. The molecule has 0 unspecified atom stereocenters. The number of carbonyl (C=O) groups is 1. The smallest absolute Gasteiger partial charge is 0.250 e. The quantitative estimate of drug-likeness (QED) is 0.172. The molecule has 5 aromatic rings. The first-order valence-corrected chi connectivity index (χ1v) is 12.0. The number of hydrogen-bond donors (Lipinski definition) is 2. The number of fused-ring (bicyclic) bond motifs is 1. The number of furan rings is 1. The summed E-state index contributed by atoms with van der Waals surface area (Å²) >= 11 is 17.5.